The maximum Gasteiger partial charge on any atom is 0.426 e. The Bertz CT molecular complexity index is 1280. The number of hydrogen-bond acceptors (Lipinski definition) is 7. The van der Waals surface area contributed by atoms with Crippen LogP contribution >= 0.6 is 0 Å². The Morgan fingerprint density at radius 2 is 1.82 bits per heavy atom. The number of allylic oxidation sites excluding steroid dienone is 1. The first kappa shape index (κ1) is 27.6. The number of benzene rings is 1. The minimum Gasteiger partial charge on any atom is -0.474 e. The third-order valence-electron chi connectivity index (χ3n) is 5.91. The summed E-state index contributed by atoms with van der Waals surface area (Å²) in [5.74, 6) is -2.40. The molecule has 0 unspecified atom stereocenters. The molecule has 38 heavy (non-hydrogen) atoms. The summed E-state index contributed by atoms with van der Waals surface area (Å²) in [6.07, 6.45) is -8.40. The molecule has 4 rings (SSSR count). The van der Waals surface area contributed by atoms with Gasteiger partial charge in [0, 0.05) is 12.0 Å². The first-order valence-corrected chi connectivity index (χ1v) is 11.6. The molecule has 0 aliphatic carbocycles. The van der Waals surface area contributed by atoms with Crippen molar-refractivity contribution in [1.82, 2.24) is 15.2 Å². The highest BCUT2D eigenvalue weighted by molar-refractivity contribution is 5.56. The van der Waals surface area contributed by atoms with Crippen LogP contribution in [0, 0.1) is 0 Å². The van der Waals surface area contributed by atoms with Gasteiger partial charge in [0.05, 0.1) is 13.2 Å². The van der Waals surface area contributed by atoms with E-state index in [2.05, 4.69) is 15.2 Å². The van der Waals surface area contributed by atoms with Crippen molar-refractivity contribution in [3.63, 3.8) is 0 Å². The monoisotopic (exact) mass is 543 g/mol. The third kappa shape index (κ3) is 5.68. The van der Waals surface area contributed by atoms with Gasteiger partial charge in [-0.25, -0.2) is 4.98 Å². The molecule has 7 nitrogen and oxygen atoms in total. The van der Waals surface area contributed by atoms with Crippen molar-refractivity contribution >= 4 is 0 Å². The van der Waals surface area contributed by atoms with E-state index in [-0.39, 0.29) is 18.4 Å². The van der Waals surface area contributed by atoms with Crippen LogP contribution in [0.25, 0.3) is 11.6 Å². The number of aromatic nitrogens is 3. The van der Waals surface area contributed by atoms with Crippen LogP contribution in [0.5, 0.6) is 5.88 Å². The standard InChI is InChI=1S/C25H23F6N3O4/c1-15-8-4-3-7-11-23(25(29,30)31,36-14-16-9-5-2-6-10-16)22-34-33-21(38-22)19-17(13-35)12-18(24(26,27)28)20(32-19)37-15/h2-6,9-10,12,15,35H,7-8,11,13-14H2,1H3/t15-,23-/m1/s1. The second kappa shape index (κ2) is 10.7. The maximum atomic E-state index is 14.7. The third-order valence-corrected chi connectivity index (χ3v) is 5.91. The topological polar surface area (TPSA) is 90.5 Å². The van der Waals surface area contributed by atoms with Crippen LogP contribution in [0.2, 0.25) is 0 Å². The number of aliphatic hydroxyl groups excluding tert-OH is 1. The van der Waals surface area contributed by atoms with Gasteiger partial charge in [-0.05, 0) is 31.4 Å². The summed E-state index contributed by atoms with van der Waals surface area (Å²) in [6.45, 7) is 0.124. The fourth-order valence-corrected chi connectivity index (χ4v) is 3.92. The van der Waals surface area contributed by atoms with Gasteiger partial charge in [0.25, 0.3) is 11.8 Å². The SMILES string of the molecule is C[C@@H]1CC=CCC[C@](OCc2ccccc2)(C(F)(F)F)c2nnc(o2)-c2nc(c(C(F)(F)F)cc2CO)O1. The molecule has 0 fully saturated rings. The van der Waals surface area contributed by atoms with Crippen LogP contribution < -0.4 is 4.74 Å². The maximum absolute atomic E-state index is 14.7. The fraction of sp³-hybridized carbons (Fsp3) is 0.400. The number of nitrogens with zero attached hydrogens (tertiary/aromatic N) is 3. The van der Waals surface area contributed by atoms with Gasteiger partial charge in [0.15, 0.2) is 0 Å². The van der Waals surface area contributed by atoms with Gasteiger partial charge < -0.3 is 19.0 Å². The first-order chi connectivity index (χ1) is 17.9. The fourth-order valence-electron chi connectivity index (χ4n) is 3.92. The number of fused-ring (bicyclic) bond motifs is 5. The van der Waals surface area contributed by atoms with Gasteiger partial charge in [0.2, 0.25) is 11.5 Å². The van der Waals surface area contributed by atoms with Gasteiger partial charge in [-0.3, -0.25) is 0 Å². The van der Waals surface area contributed by atoms with Crippen LogP contribution in [0.1, 0.15) is 48.8 Å². The summed E-state index contributed by atoms with van der Waals surface area (Å²) in [7, 11) is 0. The van der Waals surface area contributed by atoms with Crippen molar-refractivity contribution in [2.75, 3.05) is 0 Å². The summed E-state index contributed by atoms with van der Waals surface area (Å²) < 4.78 is 101. The average Bonchev–Trinajstić information content (AvgIpc) is 3.34. The van der Waals surface area contributed by atoms with E-state index >= 15 is 0 Å². The predicted molar refractivity (Wildman–Crippen MR) is 120 cm³/mol. The Hall–Kier alpha value is -3.45. The number of hydrogen-bond donors (Lipinski definition) is 1. The molecule has 0 amide bonds. The van der Waals surface area contributed by atoms with E-state index in [1.54, 1.807) is 30.3 Å². The predicted octanol–water partition coefficient (Wildman–Crippen LogP) is 6.12. The van der Waals surface area contributed by atoms with Crippen molar-refractivity contribution in [1.29, 1.82) is 0 Å². The van der Waals surface area contributed by atoms with E-state index in [0.717, 1.165) is 0 Å². The summed E-state index contributed by atoms with van der Waals surface area (Å²) in [5, 5.41) is 17.0. The lowest BCUT2D eigenvalue weighted by Gasteiger charge is -2.32. The van der Waals surface area contributed by atoms with E-state index in [9.17, 15) is 31.4 Å². The minimum absolute atomic E-state index is 0.0956. The molecule has 3 heterocycles. The van der Waals surface area contributed by atoms with Gasteiger partial charge in [-0.1, -0.05) is 42.5 Å². The van der Waals surface area contributed by atoms with Crippen molar-refractivity contribution in [3.05, 3.63) is 71.1 Å². The lowest BCUT2D eigenvalue weighted by Crippen LogP contribution is -2.45. The number of halogens is 6. The van der Waals surface area contributed by atoms with E-state index in [1.165, 1.54) is 19.1 Å². The molecular weight excluding hydrogens is 520 g/mol. The Morgan fingerprint density at radius 1 is 1.08 bits per heavy atom. The molecule has 3 aromatic rings. The van der Waals surface area contributed by atoms with Gasteiger partial charge in [-0.15, -0.1) is 10.2 Å². The zero-order valence-electron chi connectivity index (χ0n) is 20.0. The molecule has 4 bridgehead atoms. The van der Waals surface area contributed by atoms with Crippen molar-refractivity contribution in [2.24, 2.45) is 0 Å². The van der Waals surface area contributed by atoms with Gasteiger partial charge in [0.1, 0.15) is 17.4 Å². The zero-order chi connectivity index (χ0) is 27.6. The molecule has 0 saturated heterocycles. The zero-order valence-corrected chi connectivity index (χ0v) is 20.0. The molecule has 13 heteroatoms. The largest absolute Gasteiger partial charge is 0.474 e. The summed E-state index contributed by atoms with van der Waals surface area (Å²) in [4.78, 5) is 3.85. The smallest absolute Gasteiger partial charge is 0.426 e. The lowest BCUT2D eigenvalue weighted by atomic mass is 9.95. The van der Waals surface area contributed by atoms with Crippen LogP contribution in [-0.2, 0) is 29.7 Å². The molecule has 0 radical (unpaired) electrons. The lowest BCUT2D eigenvalue weighted by molar-refractivity contribution is -0.299. The first-order valence-electron chi connectivity index (χ1n) is 11.6. The normalized spacial score (nSPS) is 20.6. The summed E-state index contributed by atoms with van der Waals surface area (Å²) in [5.41, 5.74) is -4.65. The van der Waals surface area contributed by atoms with Gasteiger partial charge in [-0.2, -0.15) is 26.3 Å². The highest BCUT2D eigenvalue weighted by atomic mass is 19.4. The number of pyridine rings is 1. The molecule has 1 N–H and O–H groups in total. The molecule has 1 aromatic carbocycles. The van der Waals surface area contributed by atoms with Crippen LogP contribution in [0.3, 0.4) is 0 Å². The Morgan fingerprint density at radius 3 is 2.47 bits per heavy atom. The molecule has 2 aromatic heterocycles. The highest BCUT2D eigenvalue weighted by Gasteiger charge is 2.61. The van der Waals surface area contributed by atoms with Crippen molar-refractivity contribution < 1.29 is 45.3 Å². The Balaban J connectivity index is 1.88. The van der Waals surface area contributed by atoms with Crippen LogP contribution in [0.4, 0.5) is 26.3 Å². The Labute approximate surface area is 213 Å². The van der Waals surface area contributed by atoms with E-state index in [4.69, 9.17) is 13.9 Å². The molecule has 0 spiro atoms. The number of rotatable bonds is 4. The molecule has 204 valence electrons. The second-order valence-corrected chi connectivity index (χ2v) is 8.69. The van der Waals surface area contributed by atoms with Gasteiger partial charge >= 0.3 is 12.4 Å². The number of aliphatic hydroxyl groups is 1. The van der Waals surface area contributed by atoms with E-state index in [1.807, 2.05) is 0 Å². The number of ether oxygens (including phenoxy) is 2. The Kier molecular flexibility index (Phi) is 7.79. The quantitative estimate of drug-likeness (QED) is 0.313. The second-order valence-electron chi connectivity index (χ2n) is 8.69. The molecule has 1 aliphatic rings. The molecule has 1 aliphatic heterocycles. The summed E-state index contributed by atoms with van der Waals surface area (Å²) in [6, 6.07) is 8.78. The van der Waals surface area contributed by atoms with E-state index in [0.29, 0.717) is 11.6 Å². The average molecular weight is 543 g/mol. The highest BCUT2D eigenvalue weighted by Crippen LogP contribution is 2.47. The van der Waals surface area contributed by atoms with Crippen molar-refractivity contribution in [3.8, 4) is 17.5 Å². The molecular formula is C25H23F6N3O4. The van der Waals surface area contributed by atoms with Crippen LogP contribution in [0.15, 0.2) is 53.0 Å². The van der Waals surface area contributed by atoms with E-state index < -0.39 is 72.6 Å². The minimum atomic E-state index is -5.01. The number of alkyl halides is 6. The molecule has 2 atom stereocenters. The van der Waals surface area contributed by atoms with Crippen molar-refractivity contribution in [2.45, 2.75) is 63.5 Å². The van der Waals surface area contributed by atoms with Crippen LogP contribution in [-0.4, -0.2) is 32.6 Å². The summed E-state index contributed by atoms with van der Waals surface area (Å²) >= 11 is 0. The molecule has 0 saturated carbocycles.